The van der Waals surface area contributed by atoms with Crippen molar-refractivity contribution in [3.63, 3.8) is 0 Å². The molecule has 0 saturated carbocycles. The van der Waals surface area contributed by atoms with Gasteiger partial charge in [-0.15, -0.1) is 0 Å². The second-order valence-corrected chi connectivity index (χ2v) is 6.71. The summed E-state index contributed by atoms with van der Waals surface area (Å²) in [4.78, 5) is 26.1. The summed E-state index contributed by atoms with van der Waals surface area (Å²) in [6.07, 6.45) is 1.90. The Labute approximate surface area is 158 Å². The maximum absolute atomic E-state index is 13.2. The fourth-order valence-electron chi connectivity index (χ4n) is 3.22. The number of benzene rings is 2. The summed E-state index contributed by atoms with van der Waals surface area (Å²) in [5, 5.41) is 12.8. The number of nitrogens with one attached hydrogen (secondary N) is 1. The molecule has 0 aromatic heterocycles. The van der Waals surface area contributed by atoms with E-state index in [4.69, 9.17) is 4.74 Å². The van der Waals surface area contributed by atoms with Crippen LogP contribution >= 0.6 is 0 Å². The highest BCUT2D eigenvalue weighted by Crippen LogP contribution is 2.22. The number of ether oxygens (including phenoxy) is 1. The summed E-state index contributed by atoms with van der Waals surface area (Å²) in [6, 6.07) is 13.9. The second-order valence-electron chi connectivity index (χ2n) is 6.71. The minimum Gasteiger partial charge on any atom is -0.508 e. The highest BCUT2D eigenvalue weighted by Gasteiger charge is 2.24. The molecule has 6 heteroatoms. The number of carbonyl (C=O) groups excluding carboxylic acids is 2. The number of phenolic OH excluding ortho intramolecular Hbond substituents is 1. The highest BCUT2D eigenvalue weighted by molar-refractivity contribution is 5.96. The summed E-state index contributed by atoms with van der Waals surface area (Å²) in [5.41, 5.74) is 1.74. The molecule has 1 atom stereocenters. The van der Waals surface area contributed by atoms with Crippen LogP contribution in [0.4, 0.5) is 5.69 Å². The zero-order valence-corrected chi connectivity index (χ0v) is 15.4. The molecule has 1 fully saturated rings. The maximum atomic E-state index is 13.2. The summed E-state index contributed by atoms with van der Waals surface area (Å²) in [5.74, 6) is -0.194. The van der Waals surface area contributed by atoms with Gasteiger partial charge in [0.1, 0.15) is 5.75 Å². The van der Waals surface area contributed by atoms with E-state index in [9.17, 15) is 14.7 Å². The molecule has 2 aromatic carbocycles. The van der Waals surface area contributed by atoms with Crippen LogP contribution in [-0.2, 0) is 16.1 Å². The van der Waals surface area contributed by atoms with Crippen LogP contribution in [0.2, 0.25) is 0 Å². The fraction of sp³-hybridized carbons (Fsp3) is 0.333. The first-order valence-electron chi connectivity index (χ1n) is 9.08. The van der Waals surface area contributed by atoms with Gasteiger partial charge in [0, 0.05) is 43.4 Å². The van der Waals surface area contributed by atoms with Crippen molar-refractivity contribution in [2.24, 2.45) is 0 Å². The van der Waals surface area contributed by atoms with Gasteiger partial charge < -0.3 is 20.1 Å². The molecule has 1 aliphatic rings. The predicted molar refractivity (Wildman–Crippen MR) is 103 cm³/mol. The van der Waals surface area contributed by atoms with Crippen molar-refractivity contribution in [1.29, 1.82) is 0 Å². The van der Waals surface area contributed by atoms with Crippen molar-refractivity contribution < 1.29 is 19.4 Å². The number of anilines is 1. The zero-order chi connectivity index (χ0) is 19.2. The van der Waals surface area contributed by atoms with Gasteiger partial charge in [0.05, 0.1) is 6.10 Å². The van der Waals surface area contributed by atoms with E-state index in [0.29, 0.717) is 30.0 Å². The quantitative estimate of drug-likeness (QED) is 0.821. The Morgan fingerprint density at radius 3 is 2.74 bits per heavy atom. The first kappa shape index (κ1) is 18.9. The Hall–Kier alpha value is -2.86. The number of hydrogen-bond donors (Lipinski definition) is 2. The molecule has 142 valence electrons. The largest absolute Gasteiger partial charge is 0.508 e. The van der Waals surface area contributed by atoms with Gasteiger partial charge in [-0.25, -0.2) is 0 Å². The Balaban J connectivity index is 1.83. The van der Waals surface area contributed by atoms with Crippen LogP contribution in [0.25, 0.3) is 0 Å². The smallest absolute Gasteiger partial charge is 0.254 e. The molecule has 1 unspecified atom stereocenters. The van der Waals surface area contributed by atoms with Crippen molar-refractivity contribution >= 4 is 17.5 Å². The van der Waals surface area contributed by atoms with E-state index in [1.807, 2.05) is 6.07 Å². The van der Waals surface area contributed by atoms with E-state index < -0.39 is 0 Å². The maximum Gasteiger partial charge on any atom is 0.254 e. The lowest BCUT2D eigenvalue weighted by Gasteiger charge is -2.26. The van der Waals surface area contributed by atoms with Crippen LogP contribution in [0, 0.1) is 0 Å². The van der Waals surface area contributed by atoms with Gasteiger partial charge in [-0.2, -0.15) is 0 Å². The van der Waals surface area contributed by atoms with Gasteiger partial charge >= 0.3 is 0 Å². The van der Waals surface area contributed by atoms with Gasteiger partial charge in [-0.05, 0) is 37.1 Å². The molecular weight excluding hydrogens is 344 g/mol. The summed E-state index contributed by atoms with van der Waals surface area (Å²) in [7, 11) is 0. The summed E-state index contributed by atoms with van der Waals surface area (Å²) >= 11 is 0. The molecule has 0 aliphatic carbocycles. The van der Waals surface area contributed by atoms with Gasteiger partial charge in [0.2, 0.25) is 5.91 Å². The molecule has 0 radical (unpaired) electrons. The SMILES string of the molecule is CC(=O)Nc1cccc(C(=O)N(Cc2ccccc2O)CC2CCCO2)c1. The Morgan fingerprint density at radius 1 is 1.22 bits per heavy atom. The minimum absolute atomic E-state index is 0.00154. The lowest BCUT2D eigenvalue weighted by Crippen LogP contribution is -2.37. The molecule has 3 rings (SSSR count). The van der Waals surface area contributed by atoms with E-state index in [0.717, 1.165) is 12.8 Å². The van der Waals surface area contributed by atoms with Crippen LogP contribution in [0.5, 0.6) is 5.75 Å². The second kappa shape index (κ2) is 8.68. The first-order chi connectivity index (χ1) is 13.0. The third-order valence-corrected chi connectivity index (χ3v) is 4.52. The minimum atomic E-state index is -0.190. The molecular formula is C21H24N2O4. The standard InChI is InChI=1S/C21H24N2O4/c1-15(24)22-18-8-4-7-16(12-18)21(26)23(14-19-9-5-11-27-19)13-17-6-2-3-10-20(17)25/h2-4,6-8,10,12,19,25H,5,9,11,13-14H2,1H3,(H,22,24). The van der Waals surface area contributed by atoms with Crippen molar-refractivity contribution in [3.05, 3.63) is 59.7 Å². The average Bonchev–Trinajstić information content (AvgIpc) is 3.15. The number of nitrogens with zero attached hydrogens (tertiary/aromatic N) is 1. The molecule has 2 amide bonds. The number of carbonyl (C=O) groups is 2. The summed E-state index contributed by atoms with van der Waals surface area (Å²) < 4.78 is 5.70. The molecule has 1 saturated heterocycles. The van der Waals surface area contributed by atoms with Crippen molar-refractivity contribution in [2.75, 3.05) is 18.5 Å². The lowest BCUT2D eigenvalue weighted by molar-refractivity contribution is -0.114. The van der Waals surface area contributed by atoms with Crippen molar-refractivity contribution in [1.82, 2.24) is 4.90 Å². The number of rotatable bonds is 6. The number of para-hydroxylation sites is 1. The van der Waals surface area contributed by atoms with E-state index in [1.165, 1.54) is 6.92 Å². The third kappa shape index (κ3) is 5.08. The van der Waals surface area contributed by atoms with E-state index in [2.05, 4.69) is 5.32 Å². The zero-order valence-electron chi connectivity index (χ0n) is 15.4. The van der Waals surface area contributed by atoms with Gasteiger partial charge in [0.25, 0.3) is 5.91 Å². The Morgan fingerprint density at radius 2 is 2.04 bits per heavy atom. The molecule has 27 heavy (non-hydrogen) atoms. The topological polar surface area (TPSA) is 78.9 Å². The number of aromatic hydroxyl groups is 1. The predicted octanol–water partition coefficient (Wildman–Crippen LogP) is 3.17. The molecule has 1 heterocycles. The molecule has 0 bridgehead atoms. The van der Waals surface area contributed by atoms with Gasteiger partial charge in [0.15, 0.2) is 0 Å². The van der Waals surface area contributed by atoms with E-state index in [1.54, 1.807) is 47.4 Å². The van der Waals surface area contributed by atoms with Crippen molar-refractivity contribution in [3.8, 4) is 5.75 Å². The Kier molecular flexibility index (Phi) is 6.08. The highest BCUT2D eigenvalue weighted by atomic mass is 16.5. The number of hydrogen-bond acceptors (Lipinski definition) is 4. The van der Waals surface area contributed by atoms with Crippen LogP contribution in [-0.4, -0.2) is 41.1 Å². The molecule has 2 N–H and O–H groups in total. The molecule has 2 aromatic rings. The summed E-state index contributed by atoms with van der Waals surface area (Å²) in [6.45, 7) is 2.88. The van der Waals surface area contributed by atoms with Crippen molar-refractivity contribution in [2.45, 2.75) is 32.4 Å². The molecule has 0 spiro atoms. The van der Waals surface area contributed by atoms with Crippen LogP contribution in [0.3, 0.4) is 0 Å². The monoisotopic (exact) mass is 368 g/mol. The average molecular weight is 368 g/mol. The number of amides is 2. The lowest BCUT2D eigenvalue weighted by atomic mass is 10.1. The van der Waals surface area contributed by atoms with Crippen LogP contribution in [0.15, 0.2) is 48.5 Å². The molecule has 1 aliphatic heterocycles. The van der Waals surface area contributed by atoms with Gasteiger partial charge in [-0.3, -0.25) is 9.59 Å². The first-order valence-corrected chi connectivity index (χ1v) is 9.08. The third-order valence-electron chi connectivity index (χ3n) is 4.52. The normalized spacial score (nSPS) is 16.1. The van der Waals surface area contributed by atoms with Gasteiger partial charge in [-0.1, -0.05) is 24.3 Å². The van der Waals surface area contributed by atoms with E-state index >= 15 is 0 Å². The molecule has 6 nitrogen and oxygen atoms in total. The van der Waals surface area contributed by atoms with Crippen LogP contribution in [0.1, 0.15) is 35.7 Å². The van der Waals surface area contributed by atoms with Crippen LogP contribution < -0.4 is 5.32 Å². The fourth-order valence-corrected chi connectivity index (χ4v) is 3.22. The Bertz CT molecular complexity index is 815. The number of phenols is 1. The van der Waals surface area contributed by atoms with E-state index in [-0.39, 0.29) is 30.2 Å².